The van der Waals surface area contributed by atoms with Crippen LogP contribution in [0.5, 0.6) is 5.75 Å². The number of benzene rings is 1. The number of nitrogens with one attached hydrogen (secondary N) is 1. The van der Waals surface area contributed by atoms with Crippen LogP contribution in [0.2, 0.25) is 0 Å². The summed E-state index contributed by atoms with van der Waals surface area (Å²) >= 11 is 0. The van der Waals surface area contributed by atoms with E-state index in [1.807, 2.05) is 13.0 Å². The third-order valence-electron chi connectivity index (χ3n) is 6.51. The summed E-state index contributed by atoms with van der Waals surface area (Å²) in [6, 6.07) is 9.05. The minimum atomic E-state index is -0.0376. The van der Waals surface area contributed by atoms with Crippen molar-refractivity contribution in [3.63, 3.8) is 0 Å². The first-order chi connectivity index (χ1) is 14.0. The molecule has 0 bridgehead atoms. The van der Waals surface area contributed by atoms with E-state index < -0.39 is 0 Å². The summed E-state index contributed by atoms with van der Waals surface area (Å²) in [5, 5.41) is 3.05. The predicted molar refractivity (Wildman–Crippen MR) is 118 cm³/mol. The van der Waals surface area contributed by atoms with Crippen molar-refractivity contribution in [3.8, 4) is 5.75 Å². The Balaban J connectivity index is 1.41. The van der Waals surface area contributed by atoms with Crippen molar-refractivity contribution in [1.29, 1.82) is 0 Å². The van der Waals surface area contributed by atoms with Crippen molar-refractivity contribution >= 4 is 5.91 Å². The van der Waals surface area contributed by atoms with Gasteiger partial charge in [-0.1, -0.05) is 25.0 Å². The van der Waals surface area contributed by atoms with Crippen LogP contribution in [-0.2, 0) is 11.3 Å². The summed E-state index contributed by atoms with van der Waals surface area (Å²) < 4.78 is 6.08. The maximum atomic E-state index is 12.1. The molecule has 2 fully saturated rings. The van der Waals surface area contributed by atoms with E-state index in [0.717, 1.165) is 12.3 Å². The van der Waals surface area contributed by atoms with Gasteiger partial charge in [-0.15, -0.1) is 0 Å². The molecule has 1 saturated carbocycles. The van der Waals surface area contributed by atoms with Gasteiger partial charge in [-0.2, -0.15) is 0 Å². The molecule has 0 spiro atoms. The van der Waals surface area contributed by atoms with Crippen LogP contribution in [0.4, 0.5) is 0 Å². The van der Waals surface area contributed by atoms with Gasteiger partial charge < -0.3 is 15.0 Å². The van der Waals surface area contributed by atoms with Crippen LogP contribution in [-0.4, -0.2) is 61.6 Å². The fourth-order valence-corrected chi connectivity index (χ4v) is 4.65. The summed E-state index contributed by atoms with van der Waals surface area (Å²) in [4.78, 5) is 17.0. The van der Waals surface area contributed by atoms with Gasteiger partial charge in [0.1, 0.15) is 11.9 Å². The summed E-state index contributed by atoms with van der Waals surface area (Å²) in [5.41, 5.74) is 1.28. The number of hydrogen-bond acceptors (Lipinski definition) is 4. The van der Waals surface area contributed by atoms with Gasteiger partial charge in [0.15, 0.2) is 0 Å². The summed E-state index contributed by atoms with van der Waals surface area (Å²) in [6.07, 6.45) is 8.08. The molecule has 5 nitrogen and oxygen atoms in total. The summed E-state index contributed by atoms with van der Waals surface area (Å²) in [5.74, 6) is 1.64. The molecule has 29 heavy (non-hydrogen) atoms. The number of rotatable bonds is 9. The molecule has 1 amide bonds. The van der Waals surface area contributed by atoms with E-state index in [4.69, 9.17) is 4.74 Å². The van der Waals surface area contributed by atoms with E-state index in [1.165, 1.54) is 57.2 Å². The first-order valence-corrected chi connectivity index (χ1v) is 11.4. The largest absolute Gasteiger partial charge is 0.489 e. The van der Waals surface area contributed by atoms with Crippen molar-refractivity contribution in [3.05, 3.63) is 29.8 Å². The zero-order valence-corrected chi connectivity index (χ0v) is 18.5. The Hall–Kier alpha value is -1.59. The maximum absolute atomic E-state index is 12.1. The van der Waals surface area contributed by atoms with Crippen LogP contribution in [0.1, 0.15) is 57.4 Å². The second kappa shape index (κ2) is 11.0. The normalized spacial score (nSPS) is 20.1. The SMILES string of the molecule is CC(CNC(=O)CC1CCCC1)Oc1cccc(CN(C)C2CCN(C)CC2)c1. The average molecular weight is 402 g/mol. The minimum absolute atomic E-state index is 0.0376. The van der Waals surface area contributed by atoms with Crippen molar-refractivity contribution in [2.45, 2.75) is 70.6 Å². The Labute approximate surface area is 176 Å². The van der Waals surface area contributed by atoms with Gasteiger partial charge >= 0.3 is 0 Å². The molecule has 1 aromatic rings. The molecule has 1 saturated heterocycles. The van der Waals surface area contributed by atoms with Crippen LogP contribution in [0.25, 0.3) is 0 Å². The molecule has 5 heteroatoms. The third-order valence-corrected chi connectivity index (χ3v) is 6.51. The first-order valence-electron chi connectivity index (χ1n) is 11.4. The van der Waals surface area contributed by atoms with Crippen molar-refractivity contribution in [2.24, 2.45) is 5.92 Å². The molecule has 3 rings (SSSR count). The van der Waals surface area contributed by atoms with Gasteiger partial charge in [0, 0.05) is 19.0 Å². The van der Waals surface area contributed by atoms with E-state index >= 15 is 0 Å². The van der Waals surface area contributed by atoms with Gasteiger partial charge in [0.25, 0.3) is 0 Å². The van der Waals surface area contributed by atoms with Crippen LogP contribution >= 0.6 is 0 Å². The molecule has 1 aromatic carbocycles. The van der Waals surface area contributed by atoms with Crippen molar-refractivity contribution < 1.29 is 9.53 Å². The maximum Gasteiger partial charge on any atom is 0.220 e. The number of ether oxygens (including phenoxy) is 1. The first kappa shape index (κ1) is 22.1. The monoisotopic (exact) mass is 401 g/mol. The van der Waals surface area contributed by atoms with Crippen LogP contribution < -0.4 is 10.1 Å². The Morgan fingerprint density at radius 3 is 2.69 bits per heavy atom. The lowest BCUT2D eigenvalue weighted by molar-refractivity contribution is -0.122. The van der Waals surface area contributed by atoms with E-state index in [0.29, 0.717) is 24.9 Å². The number of piperidine rings is 1. The zero-order chi connectivity index (χ0) is 20.6. The van der Waals surface area contributed by atoms with Gasteiger partial charge in [0.2, 0.25) is 5.91 Å². The van der Waals surface area contributed by atoms with Crippen molar-refractivity contribution in [2.75, 3.05) is 33.7 Å². The second-order valence-corrected chi connectivity index (χ2v) is 9.18. The van der Waals surface area contributed by atoms with Crippen LogP contribution in [0, 0.1) is 5.92 Å². The van der Waals surface area contributed by atoms with E-state index in [2.05, 4.69) is 47.4 Å². The van der Waals surface area contributed by atoms with Crippen LogP contribution in [0.15, 0.2) is 24.3 Å². The molecule has 162 valence electrons. The fraction of sp³-hybridized carbons (Fsp3) is 0.708. The Morgan fingerprint density at radius 2 is 1.97 bits per heavy atom. The molecule has 0 aromatic heterocycles. The lowest BCUT2D eigenvalue weighted by Crippen LogP contribution is -2.41. The number of likely N-dealkylation sites (tertiary alicyclic amines) is 1. The van der Waals surface area contributed by atoms with Crippen molar-refractivity contribution in [1.82, 2.24) is 15.1 Å². The highest BCUT2D eigenvalue weighted by molar-refractivity contribution is 5.76. The molecule has 1 unspecified atom stereocenters. The molecule has 1 aliphatic heterocycles. The number of carbonyl (C=O) groups is 1. The van der Waals surface area contributed by atoms with E-state index in [-0.39, 0.29) is 12.0 Å². The van der Waals surface area contributed by atoms with Gasteiger partial charge in [-0.3, -0.25) is 9.69 Å². The van der Waals surface area contributed by atoms with E-state index in [9.17, 15) is 4.79 Å². The molecule has 1 aliphatic carbocycles. The van der Waals surface area contributed by atoms with Gasteiger partial charge in [0.05, 0.1) is 6.54 Å². The Kier molecular flexibility index (Phi) is 8.37. The quantitative estimate of drug-likeness (QED) is 0.686. The highest BCUT2D eigenvalue weighted by Crippen LogP contribution is 2.27. The average Bonchev–Trinajstić information content (AvgIpc) is 3.20. The zero-order valence-electron chi connectivity index (χ0n) is 18.5. The lowest BCUT2D eigenvalue weighted by Gasteiger charge is -2.35. The highest BCUT2D eigenvalue weighted by Gasteiger charge is 2.21. The highest BCUT2D eigenvalue weighted by atomic mass is 16.5. The molecule has 1 N–H and O–H groups in total. The predicted octanol–water partition coefficient (Wildman–Crippen LogP) is 3.68. The number of hydrogen-bond donors (Lipinski definition) is 1. The molecule has 1 atom stereocenters. The second-order valence-electron chi connectivity index (χ2n) is 9.18. The summed E-state index contributed by atoms with van der Waals surface area (Å²) in [7, 11) is 4.43. The standard InChI is InChI=1S/C24H39N3O2/c1-19(17-25-24(28)16-20-7-4-5-8-20)29-23-10-6-9-21(15-23)18-27(3)22-11-13-26(2)14-12-22/h6,9-10,15,19-20,22H,4-5,7-8,11-14,16-18H2,1-3H3,(H,25,28). The Bertz CT molecular complexity index is 637. The molecule has 0 radical (unpaired) electrons. The smallest absolute Gasteiger partial charge is 0.220 e. The lowest BCUT2D eigenvalue weighted by atomic mass is 10.0. The number of carbonyl (C=O) groups excluding carboxylic acids is 1. The van der Waals surface area contributed by atoms with Gasteiger partial charge in [-0.25, -0.2) is 0 Å². The van der Waals surface area contributed by atoms with Crippen LogP contribution in [0.3, 0.4) is 0 Å². The fourth-order valence-electron chi connectivity index (χ4n) is 4.65. The third kappa shape index (κ3) is 7.31. The number of nitrogens with zero attached hydrogens (tertiary/aromatic N) is 2. The molecule has 1 heterocycles. The molecular weight excluding hydrogens is 362 g/mol. The number of amides is 1. The van der Waals surface area contributed by atoms with E-state index in [1.54, 1.807) is 0 Å². The molecular formula is C24H39N3O2. The summed E-state index contributed by atoms with van der Waals surface area (Å²) in [6.45, 7) is 5.89. The topological polar surface area (TPSA) is 44.8 Å². The van der Waals surface area contributed by atoms with Gasteiger partial charge in [-0.05, 0) is 83.4 Å². The molecule has 2 aliphatic rings. The Morgan fingerprint density at radius 1 is 1.24 bits per heavy atom. The minimum Gasteiger partial charge on any atom is -0.489 e.